The van der Waals surface area contributed by atoms with Crippen molar-refractivity contribution < 1.29 is 0 Å². The van der Waals surface area contributed by atoms with Gasteiger partial charge in [0.05, 0.1) is 5.54 Å². The number of benzene rings is 1. The van der Waals surface area contributed by atoms with Crippen LogP contribution < -0.4 is 11.1 Å². The average Bonchev–Trinajstić information content (AvgIpc) is 3.07. The molecule has 0 saturated carbocycles. The van der Waals surface area contributed by atoms with Crippen LogP contribution in [0.3, 0.4) is 0 Å². The molecule has 6 heteroatoms. The van der Waals surface area contributed by atoms with Crippen LogP contribution in [-0.2, 0) is 12.6 Å². The maximum Gasteiger partial charge on any atom is 0.155 e. The van der Waals surface area contributed by atoms with Crippen LogP contribution in [0.25, 0.3) is 0 Å². The van der Waals surface area contributed by atoms with Gasteiger partial charge in [0, 0.05) is 25.0 Å². The van der Waals surface area contributed by atoms with Crippen LogP contribution in [0.2, 0.25) is 0 Å². The van der Waals surface area contributed by atoms with E-state index in [1.165, 1.54) is 5.56 Å². The fourth-order valence-electron chi connectivity index (χ4n) is 4.09. The molecule has 2 aliphatic rings. The van der Waals surface area contributed by atoms with Crippen molar-refractivity contribution in [1.82, 2.24) is 25.5 Å². The summed E-state index contributed by atoms with van der Waals surface area (Å²) in [6.45, 7) is 0. The zero-order chi connectivity index (χ0) is 14.4. The van der Waals surface area contributed by atoms with Crippen molar-refractivity contribution in [2.75, 3.05) is 0 Å². The molecular weight excluding hydrogens is 264 g/mol. The molecule has 0 spiro atoms. The van der Waals surface area contributed by atoms with Crippen molar-refractivity contribution in [3.05, 3.63) is 41.7 Å². The van der Waals surface area contributed by atoms with E-state index in [2.05, 4.69) is 45.1 Å². The fraction of sp³-hybridized carbons (Fsp3) is 0.533. The molecule has 110 valence electrons. The molecule has 0 radical (unpaired) electrons. The van der Waals surface area contributed by atoms with Gasteiger partial charge in [0.2, 0.25) is 0 Å². The number of fused-ring (bicyclic) bond motifs is 2. The van der Waals surface area contributed by atoms with E-state index in [0.29, 0.717) is 12.0 Å². The Morgan fingerprint density at radius 1 is 1.29 bits per heavy atom. The maximum absolute atomic E-state index is 6.52. The standard InChI is InChI=1S/C15H20N6/c1-21-14(18-19-20-21)11-9-15(10-5-3-2-4-6-10)13(16)8-7-12(11)17-15/h2-6,11-13,17H,7-9,16H2,1H3/t11-,12+,13-,15-/m1/s1. The molecule has 1 aromatic heterocycles. The number of rotatable bonds is 2. The van der Waals surface area contributed by atoms with Crippen LogP contribution in [-0.4, -0.2) is 32.3 Å². The Bertz CT molecular complexity index is 639. The van der Waals surface area contributed by atoms with Gasteiger partial charge in [-0.25, -0.2) is 4.68 Å². The molecule has 2 aromatic rings. The molecule has 21 heavy (non-hydrogen) atoms. The van der Waals surface area contributed by atoms with Gasteiger partial charge in [-0.3, -0.25) is 0 Å². The first-order chi connectivity index (χ1) is 10.2. The van der Waals surface area contributed by atoms with Crippen LogP contribution in [0.5, 0.6) is 0 Å². The van der Waals surface area contributed by atoms with Crippen molar-refractivity contribution in [1.29, 1.82) is 0 Å². The van der Waals surface area contributed by atoms with Crippen molar-refractivity contribution in [3.8, 4) is 0 Å². The summed E-state index contributed by atoms with van der Waals surface area (Å²) in [7, 11) is 1.91. The normalized spacial score (nSPS) is 35.0. The molecule has 2 bridgehead atoms. The SMILES string of the molecule is Cn1nnnc1[C@@H]1C[C@]2(c3ccccc3)N[C@H]1CC[C@H]2N. The first-order valence-corrected chi connectivity index (χ1v) is 7.52. The minimum Gasteiger partial charge on any atom is -0.326 e. The van der Waals surface area contributed by atoms with E-state index >= 15 is 0 Å². The molecule has 2 fully saturated rings. The van der Waals surface area contributed by atoms with Gasteiger partial charge >= 0.3 is 0 Å². The highest BCUT2D eigenvalue weighted by Gasteiger charge is 2.53. The van der Waals surface area contributed by atoms with Gasteiger partial charge < -0.3 is 11.1 Å². The average molecular weight is 284 g/mol. The minimum absolute atomic E-state index is 0.127. The van der Waals surface area contributed by atoms with Crippen LogP contribution in [0.1, 0.15) is 36.6 Å². The van der Waals surface area contributed by atoms with E-state index in [9.17, 15) is 0 Å². The molecule has 0 unspecified atom stereocenters. The molecular formula is C15H20N6. The lowest BCUT2D eigenvalue weighted by molar-refractivity contribution is 0.237. The molecule has 0 aliphatic carbocycles. The topological polar surface area (TPSA) is 81.7 Å². The number of aromatic nitrogens is 4. The zero-order valence-corrected chi connectivity index (χ0v) is 12.1. The highest BCUT2D eigenvalue weighted by molar-refractivity contribution is 5.33. The monoisotopic (exact) mass is 284 g/mol. The lowest BCUT2D eigenvalue weighted by atomic mass is 9.79. The quantitative estimate of drug-likeness (QED) is 0.847. The fourth-order valence-corrected chi connectivity index (χ4v) is 4.09. The number of hydrogen-bond acceptors (Lipinski definition) is 5. The Morgan fingerprint density at radius 3 is 2.81 bits per heavy atom. The first kappa shape index (κ1) is 12.9. The number of nitrogens with one attached hydrogen (secondary N) is 1. The molecule has 4 rings (SSSR count). The summed E-state index contributed by atoms with van der Waals surface area (Å²) < 4.78 is 1.79. The summed E-state index contributed by atoms with van der Waals surface area (Å²) in [6.07, 6.45) is 3.07. The number of nitrogens with two attached hydrogens (primary N) is 1. The highest BCUT2D eigenvalue weighted by Crippen LogP contribution is 2.48. The van der Waals surface area contributed by atoms with Crippen LogP contribution in [0.15, 0.2) is 30.3 Å². The lowest BCUT2D eigenvalue weighted by Crippen LogP contribution is -2.57. The van der Waals surface area contributed by atoms with Gasteiger partial charge in [-0.1, -0.05) is 30.3 Å². The molecule has 4 atom stereocenters. The third-order valence-electron chi connectivity index (χ3n) is 5.17. The Morgan fingerprint density at radius 2 is 2.10 bits per heavy atom. The van der Waals surface area contributed by atoms with Gasteiger partial charge in [-0.15, -0.1) is 5.10 Å². The van der Waals surface area contributed by atoms with Crippen LogP contribution in [0.4, 0.5) is 0 Å². The van der Waals surface area contributed by atoms with Gasteiger partial charge in [0.25, 0.3) is 0 Å². The van der Waals surface area contributed by atoms with E-state index < -0.39 is 0 Å². The van der Waals surface area contributed by atoms with Gasteiger partial charge in [0.15, 0.2) is 5.82 Å². The van der Waals surface area contributed by atoms with Gasteiger partial charge in [-0.05, 0) is 35.3 Å². The number of hydrogen-bond donors (Lipinski definition) is 2. The second-order valence-corrected chi connectivity index (χ2v) is 6.24. The Labute approximate surface area is 123 Å². The second-order valence-electron chi connectivity index (χ2n) is 6.24. The summed E-state index contributed by atoms with van der Waals surface area (Å²) in [5, 5.41) is 15.8. The molecule has 2 saturated heterocycles. The molecule has 3 N–H and O–H groups in total. The third-order valence-corrected chi connectivity index (χ3v) is 5.17. The van der Waals surface area contributed by atoms with Crippen molar-refractivity contribution in [2.45, 2.75) is 42.8 Å². The summed E-state index contributed by atoms with van der Waals surface area (Å²) in [4.78, 5) is 0. The van der Waals surface area contributed by atoms with Crippen molar-refractivity contribution >= 4 is 0 Å². The number of piperidine rings is 1. The van der Waals surface area contributed by atoms with E-state index in [4.69, 9.17) is 5.73 Å². The van der Waals surface area contributed by atoms with Crippen molar-refractivity contribution in [3.63, 3.8) is 0 Å². The van der Waals surface area contributed by atoms with Crippen LogP contribution in [0, 0.1) is 0 Å². The number of nitrogens with zero attached hydrogens (tertiary/aromatic N) is 4. The molecule has 1 aromatic carbocycles. The van der Waals surface area contributed by atoms with Crippen LogP contribution >= 0.6 is 0 Å². The van der Waals surface area contributed by atoms with E-state index in [1.807, 2.05) is 13.1 Å². The third kappa shape index (κ3) is 1.82. The number of tetrazole rings is 1. The smallest absolute Gasteiger partial charge is 0.155 e. The predicted molar refractivity (Wildman–Crippen MR) is 78.4 cm³/mol. The molecule has 0 amide bonds. The summed E-state index contributed by atoms with van der Waals surface area (Å²) in [6, 6.07) is 11.1. The van der Waals surface area contributed by atoms with Gasteiger partial charge in [0.1, 0.15) is 0 Å². The highest BCUT2D eigenvalue weighted by atomic mass is 15.5. The largest absolute Gasteiger partial charge is 0.326 e. The Hall–Kier alpha value is -1.79. The van der Waals surface area contributed by atoms with Gasteiger partial charge in [-0.2, -0.15) is 0 Å². The summed E-state index contributed by atoms with van der Waals surface area (Å²) in [5.41, 5.74) is 7.64. The molecule has 2 aliphatic heterocycles. The second kappa shape index (κ2) is 4.61. The summed E-state index contributed by atoms with van der Waals surface area (Å²) >= 11 is 0. The van der Waals surface area contributed by atoms with Crippen molar-refractivity contribution in [2.24, 2.45) is 12.8 Å². The predicted octanol–water partition coefficient (Wildman–Crippen LogP) is 0.672. The maximum atomic E-state index is 6.52. The minimum atomic E-state index is -0.152. The van der Waals surface area contributed by atoms with E-state index in [-0.39, 0.29) is 11.6 Å². The lowest BCUT2D eigenvalue weighted by Gasteiger charge is -2.40. The number of aryl methyl sites for hydroxylation is 1. The Balaban J connectivity index is 1.76. The first-order valence-electron chi connectivity index (χ1n) is 7.52. The van der Waals surface area contributed by atoms with E-state index in [1.54, 1.807) is 4.68 Å². The summed E-state index contributed by atoms with van der Waals surface area (Å²) in [5.74, 6) is 1.28. The molecule has 3 heterocycles. The molecule has 6 nitrogen and oxygen atoms in total. The zero-order valence-electron chi connectivity index (χ0n) is 12.1. The van der Waals surface area contributed by atoms with E-state index in [0.717, 1.165) is 25.1 Å². The Kier molecular flexibility index (Phi) is 2.83.